The quantitative estimate of drug-likeness (QED) is 0.270. The second-order valence-electron chi connectivity index (χ2n) is 10.4. The molecule has 0 aliphatic heterocycles. The Morgan fingerprint density at radius 3 is 2.36 bits per heavy atom. The fourth-order valence-corrected chi connectivity index (χ4v) is 5.44. The number of hydrogen-bond donors (Lipinski definition) is 1. The van der Waals surface area contributed by atoms with E-state index in [-0.39, 0.29) is 24.5 Å². The molecule has 1 fully saturated rings. The van der Waals surface area contributed by atoms with Crippen molar-refractivity contribution in [1.29, 1.82) is 0 Å². The van der Waals surface area contributed by atoms with Gasteiger partial charge >= 0.3 is 0 Å². The monoisotopic (exact) mass is 520 g/mol. The number of rotatable bonds is 10. The highest BCUT2D eigenvalue weighted by molar-refractivity contribution is 5.90. The van der Waals surface area contributed by atoms with Crippen molar-refractivity contribution in [3.63, 3.8) is 0 Å². The van der Waals surface area contributed by atoms with E-state index in [9.17, 15) is 9.59 Å². The summed E-state index contributed by atoms with van der Waals surface area (Å²) in [6, 6.07) is 31.3. The molecule has 0 spiro atoms. The largest absolute Gasteiger partial charge is 0.483 e. The zero-order chi connectivity index (χ0) is 27.0. The minimum Gasteiger partial charge on any atom is -0.483 e. The van der Waals surface area contributed by atoms with Gasteiger partial charge in [0.15, 0.2) is 6.61 Å². The molecule has 5 nitrogen and oxygen atoms in total. The number of nitrogens with one attached hydrogen (secondary N) is 1. The summed E-state index contributed by atoms with van der Waals surface area (Å²) in [4.78, 5) is 29.5. The van der Waals surface area contributed by atoms with Gasteiger partial charge in [0.05, 0.1) is 0 Å². The zero-order valence-electron chi connectivity index (χ0n) is 22.5. The summed E-state index contributed by atoms with van der Waals surface area (Å²) < 4.78 is 6.12. The van der Waals surface area contributed by atoms with Crippen LogP contribution < -0.4 is 10.1 Å². The van der Waals surface area contributed by atoms with Gasteiger partial charge in [-0.3, -0.25) is 9.59 Å². The number of ether oxygens (including phenoxy) is 1. The first-order chi connectivity index (χ1) is 19.1. The Morgan fingerprint density at radius 2 is 1.56 bits per heavy atom. The van der Waals surface area contributed by atoms with Gasteiger partial charge in [0.1, 0.15) is 11.8 Å². The first-order valence-electron chi connectivity index (χ1n) is 13.9. The summed E-state index contributed by atoms with van der Waals surface area (Å²) in [5.74, 6) is 0.346. The molecule has 0 unspecified atom stereocenters. The number of aryl methyl sites for hydroxylation is 1. The Hall–Kier alpha value is -4.12. The molecule has 1 N–H and O–H groups in total. The van der Waals surface area contributed by atoms with Crippen molar-refractivity contribution in [2.24, 2.45) is 0 Å². The summed E-state index contributed by atoms with van der Waals surface area (Å²) in [6.07, 6.45) is 4.66. The van der Waals surface area contributed by atoms with E-state index >= 15 is 0 Å². The van der Waals surface area contributed by atoms with E-state index in [1.807, 2.05) is 104 Å². The Balaban J connectivity index is 1.44. The number of carbonyl (C=O) groups excluding carboxylic acids is 2. The molecule has 1 atom stereocenters. The van der Waals surface area contributed by atoms with Crippen LogP contribution in [0.25, 0.3) is 10.8 Å². The molecule has 0 saturated heterocycles. The van der Waals surface area contributed by atoms with Gasteiger partial charge in [-0.2, -0.15) is 0 Å². The third-order valence-corrected chi connectivity index (χ3v) is 7.68. The van der Waals surface area contributed by atoms with Crippen LogP contribution in [-0.4, -0.2) is 35.4 Å². The fraction of sp³-hybridized carbons (Fsp3) is 0.294. The number of hydrogen-bond acceptors (Lipinski definition) is 3. The maximum Gasteiger partial charge on any atom is 0.261 e. The predicted octanol–water partition coefficient (Wildman–Crippen LogP) is 6.23. The van der Waals surface area contributed by atoms with Gasteiger partial charge in [0.25, 0.3) is 5.91 Å². The molecule has 0 aromatic heterocycles. The van der Waals surface area contributed by atoms with E-state index in [4.69, 9.17) is 4.74 Å². The highest BCUT2D eigenvalue weighted by Gasteiger charge is 2.32. The van der Waals surface area contributed by atoms with E-state index in [0.717, 1.165) is 53.1 Å². The van der Waals surface area contributed by atoms with Crippen LogP contribution in [0.3, 0.4) is 0 Å². The summed E-state index contributed by atoms with van der Waals surface area (Å²) in [6.45, 7) is 2.22. The molecule has 0 radical (unpaired) electrons. The molecule has 1 aliphatic rings. The van der Waals surface area contributed by atoms with Crippen LogP contribution >= 0.6 is 0 Å². The molecule has 1 saturated carbocycles. The SMILES string of the molecule is Cc1ccccc1CN(C(=O)COc1cccc2ccccc12)[C@@H](Cc1ccccc1)C(=O)NC1CCCC1. The Morgan fingerprint density at radius 1 is 0.872 bits per heavy atom. The fourth-order valence-electron chi connectivity index (χ4n) is 5.44. The van der Waals surface area contributed by atoms with Gasteiger partial charge in [-0.25, -0.2) is 0 Å². The average Bonchev–Trinajstić information content (AvgIpc) is 3.48. The van der Waals surface area contributed by atoms with Crippen LogP contribution in [0.4, 0.5) is 0 Å². The number of amides is 2. The average molecular weight is 521 g/mol. The molecule has 1 aliphatic carbocycles. The van der Waals surface area contributed by atoms with Gasteiger partial charge in [-0.1, -0.05) is 104 Å². The summed E-state index contributed by atoms with van der Waals surface area (Å²) >= 11 is 0. The molecular weight excluding hydrogens is 484 g/mol. The van der Waals surface area contributed by atoms with Crippen molar-refractivity contribution < 1.29 is 14.3 Å². The van der Waals surface area contributed by atoms with Crippen molar-refractivity contribution in [2.45, 2.75) is 57.7 Å². The van der Waals surface area contributed by atoms with Crippen LogP contribution in [0, 0.1) is 6.92 Å². The first-order valence-corrected chi connectivity index (χ1v) is 13.9. The van der Waals surface area contributed by atoms with Crippen LogP contribution in [-0.2, 0) is 22.6 Å². The van der Waals surface area contributed by atoms with Gasteiger partial charge in [0.2, 0.25) is 5.91 Å². The maximum atomic E-state index is 14.0. The summed E-state index contributed by atoms with van der Waals surface area (Å²) in [7, 11) is 0. The summed E-state index contributed by atoms with van der Waals surface area (Å²) in [5, 5.41) is 5.27. The second-order valence-corrected chi connectivity index (χ2v) is 10.4. The minimum absolute atomic E-state index is 0.0992. The Labute approximate surface area is 230 Å². The van der Waals surface area contributed by atoms with Crippen LogP contribution in [0.5, 0.6) is 5.75 Å². The topological polar surface area (TPSA) is 58.6 Å². The first kappa shape index (κ1) is 26.5. The molecule has 4 aromatic carbocycles. The smallest absolute Gasteiger partial charge is 0.261 e. The van der Waals surface area contributed by atoms with Crippen molar-refractivity contribution in [3.8, 4) is 5.75 Å². The standard InChI is InChI=1S/C34H36N2O3/c1-25-12-5-6-16-28(25)23-36(33(37)24-39-32-21-11-17-27-15-7-10-20-30(27)32)31(22-26-13-3-2-4-14-26)34(38)35-29-18-8-9-19-29/h2-7,10-17,20-21,29,31H,8-9,18-19,22-24H2,1H3,(H,35,38)/t31-/m0/s1. The van der Waals surface area contributed by atoms with E-state index in [1.54, 1.807) is 4.90 Å². The lowest BCUT2D eigenvalue weighted by atomic mass is 10.0. The molecule has 5 rings (SSSR count). The Kier molecular flexibility index (Phi) is 8.57. The number of nitrogens with zero attached hydrogens (tertiary/aromatic N) is 1. The third kappa shape index (κ3) is 6.66. The summed E-state index contributed by atoms with van der Waals surface area (Å²) in [5.41, 5.74) is 3.12. The van der Waals surface area contributed by atoms with Crippen molar-refractivity contribution in [1.82, 2.24) is 10.2 Å². The van der Waals surface area contributed by atoms with E-state index in [0.29, 0.717) is 18.7 Å². The molecular formula is C34H36N2O3. The highest BCUT2D eigenvalue weighted by Crippen LogP contribution is 2.26. The van der Waals surface area contributed by atoms with Gasteiger partial charge in [-0.15, -0.1) is 0 Å². The van der Waals surface area contributed by atoms with Crippen molar-refractivity contribution >= 4 is 22.6 Å². The number of fused-ring (bicyclic) bond motifs is 1. The van der Waals surface area contributed by atoms with Crippen molar-refractivity contribution in [3.05, 3.63) is 114 Å². The molecule has 0 heterocycles. The van der Waals surface area contributed by atoms with Crippen molar-refractivity contribution in [2.75, 3.05) is 6.61 Å². The van der Waals surface area contributed by atoms with Crippen LogP contribution in [0.2, 0.25) is 0 Å². The van der Waals surface area contributed by atoms with Gasteiger partial charge in [-0.05, 0) is 47.9 Å². The lowest BCUT2D eigenvalue weighted by Crippen LogP contribution is -2.53. The van der Waals surface area contributed by atoms with Crippen LogP contribution in [0.1, 0.15) is 42.4 Å². The maximum absolute atomic E-state index is 14.0. The van der Waals surface area contributed by atoms with Crippen LogP contribution in [0.15, 0.2) is 97.1 Å². The van der Waals surface area contributed by atoms with Gasteiger partial charge < -0.3 is 15.0 Å². The van der Waals surface area contributed by atoms with Gasteiger partial charge in [0, 0.05) is 24.4 Å². The third-order valence-electron chi connectivity index (χ3n) is 7.68. The predicted molar refractivity (Wildman–Crippen MR) is 156 cm³/mol. The van der Waals surface area contributed by atoms with E-state index in [2.05, 4.69) is 5.32 Å². The molecule has 200 valence electrons. The second kappa shape index (κ2) is 12.6. The number of benzene rings is 4. The lowest BCUT2D eigenvalue weighted by molar-refractivity contribution is -0.143. The van der Waals surface area contributed by atoms with E-state index in [1.165, 1.54) is 0 Å². The molecule has 5 heteroatoms. The normalized spacial score (nSPS) is 14.2. The highest BCUT2D eigenvalue weighted by atomic mass is 16.5. The Bertz CT molecular complexity index is 1410. The molecule has 0 bridgehead atoms. The minimum atomic E-state index is -0.656. The molecule has 4 aromatic rings. The van der Waals surface area contributed by atoms with E-state index < -0.39 is 6.04 Å². The molecule has 2 amide bonds. The number of carbonyl (C=O) groups is 2. The lowest BCUT2D eigenvalue weighted by Gasteiger charge is -2.32. The zero-order valence-corrected chi connectivity index (χ0v) is 22.5. The molecule has 39 heavy (non-hydrogen) atoms.